The maximum absolute atomic E-state index is 4.82. The average molecular weight is 290 g/mol. The van der Waals surface area contributed by atoms with Crippen molar-refractivity contribution in [2.75, 3.05) is 39.1 Å². The molecule has 0 bridgehead atoms. The summed E-state index contributed by atoms with van der Waals surface area (Å²) < 4.78 is 2.18. The second-order valence-electron chi connectivity index (χ2n) is 6.23. The first-order chi connectivity index (χ1) is 10.2. The lowest BCUT2D eigenvalue weighted by Gasteiger charge is -2.16. The molecule has 21 heavy (non-hydrogen) atoms. The van der Waals surface area contributed by atoms with Gasteiger partial charge in [-0.25, -0.2) is 4.68 Å². The van der Waals surface area contributed by atoms with Crippen molar-refractivity contribution in [2.24, 2.45) is 4.99 Å². The van der Waals surface area contributed by atoms with E-state index in [4.69, 9.17) is 10.1 Å². The summed E-state index contributed by atoms with van der Waals surface area (Å²) in [6, 6.07) is 0.593. The molecule has 2 aliphatic rings. The second kappa shape index (κ2) is 6.03. The highest BCUT2D eigenvalue weighted by Gasteiger charge is 2.31. The molecule has 116 valence electrons. The number of aryl methyl sites for hydroxylation is 1. The first-order valence-electron chi connectivity index (χ1n) is 8.02. The minimum atomic E-state index is 0.593. The van der Waals surface area contributed by atoms with Crippen LogP contribution in [0.3, 0.4) is 0 Å². The average Bonchev–Trinajstić information content (AvgIpc) is 3.01. The van der Waals surface area contributed by atoms with E-state index in [9.17, 15) is 0 Å². The van der Waals surface area contributed by atoms with E-state index >= 15 is 0 Å². The Morgan fingerprint density at radius 2 is 2.00 bits per heavy atom. The first-order valence-corrected chi connectivity index (χ1v) is 8.02. The fourth-order valence-corrected chi connectivity index (χ4v) is 2.92. The van der Waals surface area contributed by atoms with E-state index in [2.05, 4.69) is 19.5 Å². The van der Waals surface area contributed by atoms with E-state index in [0.29, 0.717) is 6.04 Å². The van der Waals surface area contributed by atoms with Crippen LogP contribution < -0.4 is 4.90 Å². The SMILES string of the molecule is CN=C(CCc1nc(N2CCCC2)n(C2CC2)n1)N(C)C. The molecule has 0 amide bonds. The Labute approximate surface area is 126 Å². The molecule has 0 aromatic carbocycles. The van der Waals surface area contributed by atoms with Gasteiger partial charge in [0.15, 0.2) is 5.82 Å². The van der Waals surface area contributed by atoms with E-state index in [1.807, 2.05) is 21.1 Å². The highest BCUT2D eigenvalue weighted by Crippen LogP contribution is 2.37. The van der Waals surface area contributed by atoms with Crippen LogP contribution >= 0.6 is 0 Å². The van der Waals surface area contributed by atoms with Crippen molar-refractivity contribution in [1.29, 1.82) is 0 Å². The molecule has 0 atom stereocenters. The van der Waals surface area contributed by atoms with Crippen molar-refractivity contribution in [3.8, 4) is 0 Å². The third-order valence-corrected chi connectivity index (χ3v) is 4.29. The number of hydrogen-bond acceptors (Lipinski definition) is 4. The number of anilines is 1. The fourth-order valence-electron chi connectivity index (χ4n) is 2.92. The number of amidine groups is 1. The number of hydrogen-bond donors (Lipinski definition) is 0. The zero-order valence-corrected chi connectivity index (χ0v) is 13.4. The molecule has 0 unspecified atom stereocenters. The van der Waals surface area contributed by atoms with Crippen molar-refractivity contribution < 1.29 is 0 Å². The van der Waals surface area contributed by atoms with Crippen LogP contribution in [0.15, 0.2) is 4.99 Å². The lowest BCUT2D eigenvalue weighted by molar-refractivity contribution is 0.594. The Balaban J connectivity index is 1.72. The monoisotopic (exact) mass is 290 g/mol. The van der Waals surface area contributed by atoms with Gasteiger partial charge >= 0.3 is 0 Å². The summed E-state index contributed by atoms with van der Waals surface area (Å²) in [7, 11) is 5.92. The van der Waals surface area contributed by atoms with E-state index in [1.54, 1.807) is 0 Å². The molecule has 3 rings (SSSR count). The Hall–Kier alpha value is -1.59. The van der Waals surface area contributed by atoms with Gasteiger partial charge in [-0.2, -0.15) is 10.1 Å². The molecule has 2 fully saturated rings. The van der Waals surface area contributed by atoms with Gasteiger partial charge in [-0.1, -0.05) is 0 Å². The van der Waals surface area contributed by atoms with Crippen LogP contribution in [0.1, 0.15) is 44.0 Å². The predicted molar refractivity (Wildman–Crippen MR) is 85.1 cm³/mol. The van der Waals surface area contributed by atoms with Crippen LogP contribution in [-0.4, -0.2) is 59.7 Å². The zero-order valence-electron chi connectivity index (χ0n) is 13.4. The lowest BCUT2D eigenvalue weighted by Crippen LogP contribution is -2.22. The minimum Gasteiger partial charge on any atom is -0.366 e. The van der Waals surface area contributed by atoms with Crippen molar-refractivity contribution in [3.63, 3.8) is 0 Å². The van der Waals surface area contributed by atoms with Crippen molar-refractivity contribution in [2.45, 2.75) is 44.6 Å². The van der Waals surface area contributed by atoms with Gasteiger partial charge in [0.05, 0.1) is 11.9 Å². The van der Waals surface area contributed by atoms with Crippen molar-refractivity contribution in [1.82, 2.24) is 19.7 Å². The van der Waals surface area contributed by atoms with Crippen LogP contribution in [0.2, 0.25) is 0 Å². The van der Waals surface area contributed by atoms with Crippen LogP contribution in [0.25, 0.3) is 0 Å². The van der Waals surface area contributed by atoms with E-state index in [1.165, 1.54) is 25.7 Å². The van der Waals surface area contributed by atoms with Crippen molar-refractivity contribution >= 4 is 11.8 Å². The third kappa shape index (κ3) is 3.19. The molecule has 1 aliphatic carbocycles. The molecule has 0 spiro atoms. The maximum Gasteiger partial charge on any atom is 0.224 e. The van der Waals surface area contributed by atoms with Gasteiger partial charge in [-0.05, 0) is 25.7 Å². The molecule has 1 saturated heterocycles. The van der Waals surface area contributed by atoms with Crippen molar-refractivity contribution in [3.05, 3.63) is 5.82 Å². The number of rotatable bonds is 5. The second-order valence-corrected chi connectivity index (χ2v) is 6.23. The topological polar surface area (TPSA) is 49.6 Å². The summed E-state index contributed by atoms with van der Waals surface area (Å²) in [5, 5.41) is 4.77. The van der Waals surface area contributed by atoms with Gasteiger partial charge in [0.1, 0.15) is 0 Å². The van der Waals surface area contributed by atoms with Gasteiger partial charge in [0.25, 0.3) is 0 Å². The Morgan fingerprint density at radius 3 is 2.57 bits per heavy atom. The summed E-state index contributed by atoms with van der Waals surface area (Å²) >= 11 is 0. The largest absolute Gasteiger partial charge is 0.366 e. The summed E-state index contributed by atoms with van der Waals surface area (Å²) in [5.41, 5.74) is 0. The quantitative estimate of drug-likeness (QED) is 0.612. The van der Waals surface area contributed by atoms with Gasteiger partial charge in [0.2, 0.25) is 5.95 Å². The summed E-state index contributed by atoms with van der Waals surface area (Å²) in [4.78, 5) is 13.6. The minimum absolute atomic E-state index is 0.593. The fraction of sp³-hybridized carbons (Fsp3) is 0.800. The number of aliphatic imine (C=N–C) groups is 1. The normalized spacial score (nSPS) is 19.4. The summed E-state index contributed by atoms with van der Waals surface area (Å²) in [6.07, 6.45) is 6.83. The Morgan fingerprint density at radius 1 is 1.29 bits per heavy atom. The lowest BCUT2D eigenvalue weighted by atomic mass is 10.2. The van der Waals surface area contributed by atoms with E-state index in [-0.39, 0.29) is 0 Å². The van der Waals surface area contributed by atoms with Gasteiger partial charge in [-0.15, -0.1) is 0 Å². The number of nitrogens with zero attached hydrogens (tertiary/aromatic N) is 6. The Bertz CT molecular complexity index is 508. The van der Waals surface area contributed by atoms with E-state index in [0.717, 1.165) is 43.5 Å². The first kappa shape index (κ1) is 14.4. The molecule has 1 aromatic heterocycles. The van der Waals surface area contributed by atoms with Crippen LogP contribution in [-0.2, 0) is 6.42 Å². The smallest absolute Gasteiger partial charge is 0.224 e. The third-order valence-electron chi connectivity index (χ3n) is 4.29. The highest BCUT2D eigenvalue weighted by molar-refractivity contribution is 5.81. The maximum atomic E-state index is 4.82. The van der Waals surface area contributed by atoms with Gasteiger partial charge in [0, 0.05) is 47.1 Å². The molecule has 0 N–H and O–H groups in total. The molecule has 0 radical (unpaired) electrons. The molecule has 6 nitrogen and oxygen atoms in total. The molecule has 6 heteroatoms. The van der Waals surface area contributed by atoms with Gasteiger partial charge in [-0.3, -0.25) is 4.99 Å². The highest BCUT2D eigenvalue weighted by atomic mass is 15.5. The zero-order chi connectivity index (χ0) is 14.8. The molecule has 2 heterocycles. The van der Waals surface area contributed by atoms with Crippen LogP contribution in [0.4, 0.5) is 5.95 Å². The molecule has 1 aromatic rings. The Kier molecular flexibility index (Phi) is 4.12. The van der Waals surface area contributed by atoms with Crippen LogP contribution in [0, 0.1) is 0 Å². The van der Waals surface area contributed by atoms with Gasteiger partial charge < -0.3 is 9.80 Å². The standard InChI is InChI=1S/C15H26N6/c1-16-14(19(2)3)9-8-13-17-15(20-10-4-5-11-20)21(18-13)12-6-7-12/h12H,4-11H2,1-3H3. The number of aromatic nitrogens is 3. The molecule has 1 aliphatic heterocycles. The van der Waals surface area contributed by atoms with E-state index < -0.39 is 0 Å². The summed E-state index contributed by atoms with van der Waals surface area (Å²) in [5.74, 6) is 3.16. The molecule has 1 saturated carbocycles. The molecular weight excluding hydrogens is 264 g/mol. The predicted octanol–water partition coefficient (Wildman–Crippen LogP) is 1.74. The van der Waals surface area contributed by atoms with Crippen LogP contribution in [0.5, 0.6) is 0 Å². The molecular formula is C15H26N6. The summed E-state index contributed by atoms with van der Waals surface area (Å²) in [6.45, 7) is 2.26.